The molecule has 58 valence electrons. The molecular formula is C10H12O. The maximum absolute atomic E-state index is 9.76. The topological polar surface area (TPSA) is 20.2 Å². The molecule has 0 spiro atoms. The summed E-state index contributed by atoms with van der Waals surface area (Å²) in [6.07, 6.45) is 14.0. The van der Waals surface area contributed by atoms with E-state index in [1.807, 2.05) is 0 Å². The number of terminal acetylenes is 2. The zero-order valence-corrected chi connectivity index (χ0v) is 6.51. The Balaban J connectivity index is 2.77. The predicted molar refractivity (Wildman–Crippen MR) is 44.6 cm³/mol. The second kappa shape index (κ2) is 2.99. The van der Waals surface area contributed by atoms with Crippen LogP contribution in [0.2, 0.25) is 0 Å². The smallest absolute Gasteiger partial charge is 0.138 e. The second-order valence-corrected chi connectivity index (χ2v) is 3.03. The minimum atomic E-state index is -1.02. The largest absolute Gasteiger partial charge is 0.376 e. The van der Waals surface area contributed by atoms with Gasteiger partial charge in [-0.3, -0.25) is 0 Å². The first kappa shape index (κ1) is 8.18. The molecule has 1 aliphatic rings. The first-order valence-corrected chi connectivity index (χ1v) is 3.89. The standard InChI is InChI=1S/C10H12O/c1-3-9-7-5-6-8-10(9,11)4-2/h1-2,9,11H,5-8H2. The van der Waals surface area contributed by atoms with E-state index in [1.54, 1.807) is 0 Å². The predicted octanol–water partition coefficient (Wildman–Crippen LogP) is 1.17. The number of hydrogen-bond acceptors (Lipinski definition) is 1. The lowest BCUT2D eigenvalue weighted by Gasteiger charge is -2.32. The van der Waals surface area contributed by atoms with Crippen molar-refractivity contribution >= 4 is 0 Å². The Labute approximate surface area is 67.8 Å². The van der Waals surface area contributed by atoms with Crippen LogP contribution in [0.5, 0.6) is 0 Å². The summed E-state index contributed by atoms with van der Waals surface area (Å²) >= 11 is 0. The van der Waals surface area contributed by atoms with Gasteiger partial charge in [0.2, 0.25) is 0 Å². The normalized spacial score (nSPS) is 37.2. The molecule has 1 heteroatoms. The van der Waals surface area contributed by atoms with E-state index in [1.165, 1.54) is 0 Å². The van der Waals surface area contributed by atoms with Gasteiger partial charge in [-0.05, 0) is 19.3 Å². The molecule has 0 amide bonds. The van der Waals surface area contributed by atoms with Crippen LogP contribution in [0.3, 0.4) is 0 Å². The molecule has 1 fully saturated rings. The van der Waals surface area contributed by atoms with Crippen molar-refractivity contribution in [3.8, 4) is 24.7 Å². The summed E-state index contributed by atoms with van der Waals surface area (Å²) in [7, 11) is 0. The summed E-state index contributed by atoms with van der Waals surface area (Å²) in [6.45, 7) is 0. The molecule has 0 aromatic rings. The number of rotatable bonds is 0. The minimum Gasteiger partial charge on any atom is -0.376 e. The third-order valence-corrected chi connectivity index (χ3v) is 2.33. The van der Waals surface area contributed by atoms with E-state index in [0.29, 0.717) is 6.42 Å². The van der Waals surface area contributed by atoms with Gasteiger partial charge >= 0.3 is 0 Å². The van der Waals surface area contributed by atoms with Crippen LogP contribution in [0.4, 0.5) is 0 Å². The van der Waals surface area contributed by atoms with Crippen LogP contribution >= 0.6 is 0 Å². The fraction of sp³-hybridized carbons (Fsp3) is 0.600. The van der Waals surface area contributed by atoms with Crippen molar-refractivity contribution in [2.24, 2.45) is 5.92 Å². The van der Waals surface area contributed by atoms with Crippen molar-refractivity contribution in [3.63, 3.8) is 0 Å². The molecule has 0 aliphatic heterocycles. The first-order valence-electron chi connectivity index (χ1n) is 3.89. The zero-order valence-electron chi connectivity index (χ0n) is 6.51. The van der Waals surface area contributed by atoms with Crippen molar-refractivity contribution in [2.75, 3.05) is 0 Å². The van der Waals surface area contributed by atoms with Crippen molar-refractivity contribution in [1.29, 1.82) is 0 Å². The molecule has 1 saturated carbocycles. The van der Waals surface area contributed by atoms with E-state index in [-0.39, 0.29) is 5.92 Å². The molecule has 1 nitrogen and oxygen atoms in total. The van der Waals surface area contributed by atoms with E-state index < -0.39 is 5.60 Å². The van der Waals surface area contributed by atoms with Gasteiger partial charge in [-0.15, -0.1) is 12.8 Å². The van der Waals surface area contributed by atoms with E-state index in [4.69, 9.17) is 12.8 Å². The maximum atomic E-state index is 9.76. The zero-order chi connectivity index (χ0) is 8.32. The quantitative estimate of drug-likeness (QED) is 0.511. The van der Waals surface area contributed by atoms with Gasteiger partial charge in [0.05, 0.1) is 5.92 Å². The Bertz CT molecular complexity index is 218. The van der Waals surface area contributed by atoms with Gasteiger partial charge in [-0.1, -0.05) is 18.3 Å². The van der Waals surface area contributed by atoms with E-state index in [2.05, 4.69) is 11.8 Å². The Hall–Kier alpha value is -0.920. The fourth-order valence-electron chi connectivity index (χ4n) is 1.55. The summed E-state index contributed by atoms with van der Waals surface area (Å²) in [6, 6.07) is 0. The average molecular weight is 148 g/mol. The van der Waals surface area contributed by atoms with E-state index in [9.17, 15) is 5.11 Å². The van der Waals surface area contributed by atoms with Crippen LogP contribution in [0.25, 0.3) is 0 Å². The summed E-state index contributed by atoms with van der Waals surface area (Å²) < 4.78 is 0. The molecule has 0 aromatic carbocycles. The van der Waals surface area contributed by atoms with Gasteiger partial charge in [0.1, 0.15) is 5.60 Å². The fourth-order valence-corrected chi connectivity index (χ4v) is 1.55. The highest BCUT2D eigenvalue weighted by atomic mass is 16.3. The van der Waals surface area contributed by atoms with Crippen LogP contribution < -0.4 is 0 Å². The van der Waals surface area contributed by atoms with E-state index >= 15 is 0 Å². The minimum absolute atomic E-state index is 0.138. The molecule has 0 bridgehead atoms. The molecule has 11 heavy (non-hydrogen) atoms. The molecule has 2 atom stereocenters. The molecule has 1 aliphatic carbocycles. The SMILES string of the molecule is C#CC1CCCCC1(O)C#C. The first-order chi connectivity index (χ1) is 5.23. The van der Waals surface area contributed by atoms with Crippen LogP contribution in [0.1, 0.15) is 25.7 Å². The highest BCUT2D eigenvalue weighted by molar-refractivity contribution is 5.18. The Kier molecular flexibility index (Phi) is 2.22. The van der Waals surface area contributed by atoms with Crippen LogP contribution in [0.15, 0.2) is 0 Å². The highest BCUT2D eigenvalue weighted by Gasteiger charge is 2.35. The van der Waals surface area contributed by atoms with Crippen LogP contribution in [-0.2, 0) is 0 Å². The molecule has 0 aromatic heterocycles. The molecule has 1 N–H and O–H groups in total. The molecule has 0 heterocycles. The Morgan fingerprint density at radius 3 is 2.55 bits per heavy atom. The lowest BCUT2D eigenvalue weighted by atomic mass is 9.76. The van der Waals surface area contributed by atoms with Crippen LogP contribution in [0, 0.1) is 30.6 Å². The third-order valence-electron chi connectivity index (χ3n) is 2.33. The van der Waals surface area contributed by atoms with Gasteiger partial charge < -0.3 is 5.11 Å². The average Bonchev–Trinajstić information content (AvgIpc) is 2.05. The maximum Gasteiger partial charge on any atom is 0.138 e. The van der Waals surface area contributed by atoms with Crippen molar-refractivity contribution in [2.45, 2.75) is 31.3 Å². The van der Waals surface area contributed by atoms with Gasteiger partial charge in [0, 0.05) is 0 Å². The lowest BCUT2D eigenvalue weighted by molar-refractivity contribution is 0.0292. The number of aliphatic hydroxyl groups is 1. The van der Waals surface area contributed by atoms with Crippen molar-refractivity contribution in [1.82, 2.24) is 0 Å². The molecule has 1 rings (SSSR count). The highest BCUT2D eigenvalue weighted by Crippen LogP contribution is 2.32. The van der Waals surface area contributed by atoms with Gasteiger partial charge in [0.15, 0.2) is 0 Å². The summed E-state index contributed by atoms with van der Waals surface area (Å²) in [5, 5.41) is 9.76. The summed E-state index contributed by atoms with van der Waals surface area (Å²) in [5.74, 6) is 4.81. The van der Waals surface area contributed by atoms with Crippen molar-refractivity contribution < 1.29 is 5.11 Å². The van der Waals surface area contributed by atoms with Gasteiger partial charge in [-0.2, -0.15) is 0 Å². The summed E-state index contributed by atoms with van der Waals surface area (Å²) in [5.41, 5.74) is -1.02. The van der Waals surface area contributed by atoms with Crippen molar-refractivity contribution in [3.05, 3.63) is 0 Å². The molecule has 2 unspecified atom stereocenters. The molecular weight excluding hydrogens is 136 g/mol. The Morgan fingerprint density at radius 2 is 2.09 bits per heavy atom. The lowest BCUT2D eigenvalue weighted by Crippen LogP contribution is -2.38. The molecule has 0 radical (unpaired) electrons. The second-order valence-electron chi connectivity index (χ2n) is 3.03. The van der Waals surface area contributed by atoms with Gasteiger partial charge in [0.25, 0.3) is 0 Å². The summed E-state index contributed by atoms with van der Waals surface area (Å²) in [4.78, 5) is 0. The van der Waals surface area contributed by atoms with Crippen LogP contribution in [-0.4, -0.2) is 10.7 Å². The molecule has 0 saturated heterocycles. The monoisotopic (exact) mass is 148 g/mol. The van der Waals surface area contributed by atoms with E-state index in [0.717, 1.165) is 19.3 Å². The number of hydrogen-bond donors (Lipinski definition) is 1. The Morgan fingerprint density at radius 1 is 1.36 bits per heavy atom. The van der Waals surface area contributed by atoms with Gasteiger partial charge in [-0.25, -0.2) is 0 Å². The third kappa shape index (κ3) is 1.39.